The molecule has 1 saturated carbocycles. The second-order valence-electron chi connectivity index (χ2n) is 8.07. The molecule has 1 heterocycles. The third-order valence-corrected chi connectivity index (χ3v) is 5.13. The maximum Gasteiger partial charge on any atom is 0.226 e. The second kappa shape index (κ2) is 12.7. The maximum atomic E-state index is 12.4. The summed E-state index contributed by atoms with van der Waals surface area (Å²) in [7, 11) is 0. The molecule has 1 aliphatic carbocycles. The Balaban J connectivity index is 0.00000341. The van der Waals surface area contributed by atoms with Crippen LogP contribution in [0.25, 0.3) is 11.5 Å². The van der Waals surface area contributed by atoms with Crippen LogP contribution in [0.3, 0.4) is 0 Å². The topological polar surface area (TPSA) is 91.6 Å². The maximum absolute atomic E-state index is 12.4. The minimum atomic E-state index is 0. The van der Waals surface area contributed by atoms with Crippen molar-refractivity contribution < 1.29 is 9.21 Å². The fourth-order valence-electron chi connectivity index (χ4n) is 3.73. The highest BCUT2D eigenvalue weighted by atomic mass is 127. The van der Waals surface area contributed by atoms with Gasteiger partial charge in [0.05, 0.1) is 6.54 Å². The fraction of sp³-hybridized carbons (Fsp3) is 0.522. The highest BCUT2D eigenvalue weighted by Gasteiger charge is 2.28. The summed E-state index contributed by atoms with van der Waals surface area (Å²) >= 11 is 0. The van der Waals surface area contributed by atoms with Gasteiger partial charge in [0, 0.05) is 30.1 Å². The number of carbonyl (C=O) groups is 1. The molecule has 0 aliphatic heterocycles. The third kappa shape index (κ3) is 7.83. The van der Waals surface area contributed by atoms with Crippen molar-refractivity contribution in [2.45, 2.75) is 65.1 Å². The number of nitrogens with one attached hydrogen (secondary N) is 3. The highest BCUT2D eigenvalue weighted by Crippen LogP contribution is 2.24. The Morgan fingerprint density at radius 3 is 2.74 bits per heavy atom. The lowest BCUT2D eigenvalue weighted by Gasteiger charge is -2.30. The van der Waals surface area contributed by atoms with Gasteiger partial charge in [0.15, 0.2) is 5.96 Å². The smallest absolute Gasteiger partial charge is 0.226 e. The zero-order valence-corrected chi connectivity index (χ0v) is 20.9. The average molecular weight is 539 g/mol. The number of rotatable bonds is 7. The van der Waals surface area contributed by atoms with Crippen molar-refractivity contribution in [2.24, 2.45) is 10.9 Å². The molecule has 3 N–H and O–H groups in total. The Labute approximate surface area is 201 Å². The standard InChI is InChI=1S/C23H33N5O2.HI/c1-4-24-23(28-19-12-8-11-18(13-19)21(29)26-16(2)3)25-14-20-15-30-22(27-20)17-9-6-5-7-10-17;/h5-7,9-10,15-16,18-19H,4,8,11-14H2,1-3H3,(H,26,29)(H2,24,25,28);1H. The predicted octanol–water partition coefficient (Wildman–Crippen LogP) is 4.10. The number of nitrogens with zero attached hydrogens (tertiary/aromatic N) is 2. The van der Waals surface area contributed by atoms with Crippen LogP contribution in [0, 0.1) is 5.92 Å². The molecule has 3 rings (SSSR count). The zero-order chi connectivity index (χ0) is 21.3. The van der Waals surface area contributed by atoms with Gasteiger partial charge < -0.3 is 20.4 Å². The van der Waals surface area contributed by atoms with Crippen LogP contribution in [0.15, 0.2) is 46.0 Å². The number of aromatic nitrogens is 1. The normalized spacial score (nSPS) is 18.9. The summed E-state index contributed by atoms with van der Waals surface area (Å²) < 4.78 is 5.60. The van der Waals surface area contributed by atoms with Crippen molar-refractivity contribution in [2.75, 3.05) is 6.54 Å². The molecule has 2 aromatic rings. The van der Waals surface area contributed by atoms with Crippen LogP contribution in [0.4, 0.5) is 0 Å². The van der Waals surface area contributed by atoms with Crippen LogP contribution in [0.5, 0.6) is 0 Å². The Morgan fingerprint density at radius 2 is 2.03 bits per heavy atom. The first-order valence-electron chi connectivity index (χ1n) is 10.9. The lowest BCUT2D eigenvalue weighted by Crippen LogP contribution is -2.47. The summed E-state index contributed by atoms with van der Waals surface area (Å²) in [5, 5.41) is 9.84. The number of benzene rings is 1. The van der Waals surface area contributed by atoms with Gasteiger partial charge in [0.25, 0.3) is 0 Å². The van der Waals surface area contributed by atoms with Gasteiger partial charge in [-0.3, -0.25) is 4.79 Å². The van der Waals surface area contributed by atoms with E-state index in [4.69, 9.17) is 4.42 Å². The van der Waals surface area contributed by atoms with Gasteiger partial charge in [0.2, 0.25) is 11.8 Å². The Morgan fingerprint density at radius 1 is 1.26 bits per heavy atom. The summed E-state index contributed by atoms with van der Waals surface area (Å²) in [4.78, 5) is 21.6. The second-order valence-corrected chi connectivity index (χ2v) is 8.07. The molecule has 1 aliphatic rings. The van der Waals surface area contributed by atoms with Gasteiger partial charge >= 0.3 is 0 Å². The zero-order valence-electron chi connectivity index (χ0n) is 18.6. The van der Waals surface area contributed by atoms with Crippen molar-refractivity contribution in [1.82, 2.24) is 20.9 Å². The highest BCUT2D eigenvalue weighted by molar-refractivity contribution is 14.0. The van der Waals surface area contributed by atoms with E-state index in [1.807, 2.05) is 51.1 Å². The number of guanidine groups is 1. The summed E-state index contributed by atoms with van der Waals surface area (Å²) in [6.07, 6.45) is 5.51. The van der Waals surface area contributed by atoms with Gasteiger partial charge in [-0.15, -0.1) is 24.0 Å². The molecular formula is C23H34IN5O2. The van der Waals surface area contributed by atoms with E-state index in [0.29, 0.717) is 12.4 Å². The number of amides is 1. The molecule has 0 bridgehead atoms. The number of hydrogen-bond acceptors (Lipinski definition) is 4. The van der Waals surface area contributed by atoms with Crippen LogP contribution in [-0.4, -0.2) is 35.5 Å². The number of oxazole rings is 1. The van der Waals surface area contributed by atoms with Crippen molar-refractivity contribution >= 4 is 35.8 Å². The molecule has 0 spiro atoms. The number of hydrogen-bond donors (Lipinski definition) is 3. The molecule has 1 fully saturated rings. The van der Waals surface area contributed by atoms with Gasteiger partial charge in [-0.2, -0.15) is 0 Å². The van der Waals surface area contributed by atoms with Crippen LogP contribution in [-0.2, 0) is 11.3 Å². The molecular weight excluding hydrogens is 505 g/mol. The van der Waals surface area contributed by atoms with Gasteiger partial charge in [-0.1, -0.05) is 24.6 Å². The molecule has 1 aromatic carbocycles. The van der Waals surface area contributed by atoms with E-state index >= 15 is 0 Å². The molecule has 1 aromatic heterocycles. The summed E-state index contributed by atoms with van der Waals surface area (Å²) in [5.41, 5.74) is 1.73. The molecule has 7 nitrogen and oxygen atoms in total. The molecule has 1 amide bonds. The van der Waals surface area contributed by atoms with Crippen LogP contribution in [0.2, 0.25) is 0 Å². The SMILES string of the molecule is CCNC(=NCc1coc(-c2ccccc2)n1)NC1CCCC(C(=O)NC(C)C)C1.I. The van der Waals surface area contributed by atoms with E-state index in [9.17, 15) is 4.79 Å². The van der Waals surface area contributed by atoms with Crippen molar-refractivity contribution in [3.8, 4) is 11.5 Å². The summed E-state index contributed by atoms with van der Waals surface area (Å²) in [5.74, 6) is 1.57. The monoisotopic (exact) mass is 539 g/mol. The first-order chi connectivity index (χ1) is 14.5. The van der Waals surface area contributed by atoms with Crippen LogP contribution in [0.1, 0.15) is 52.1 Å². The molecule has 170 valence electrons. The number of aliphatic imine (C=N–C) groups is 1. The van der Waals surface area contributed by atoms with E-state index in [-0.39, 0.29) is 47.9 Å². The fourth-order valence-corrected chi connectivity index (χ4v) is 3.73. The third-order valence-electron chi connectivity index (χ3n) is 5.13. The van der Waals surface area contributed by atoms with E-state index in [2.05, 4.69) is 25.9 Å². The van der Waals surface area contributed by atoms with Gasteiger partial charge in [-0.05, 0) is 52.2 Å². The van der Waals surface area contributed by atoms with Crippen molar-refractivity contribution in [3.05, 3.63) is 42.3 Å². The largest absolute Gasteiger partial charge is 0.444 e. The van der Waals surface area contributed by atoms with Gasteiger partial charge in [0.1, 0.15) is 12.0 Å². The van der Waals surface area contributed by atoms with Crippen molar-refractivity contribution in [1.29, 1.82) is 0 Å². The van der Waals surface area contributed by atoms with Crippen molar-refractivity contribution in [3.63, 3.8) is 0 Å². The number of carbonyl (C=O) groups excluding carboxylic acids is 1. The van der Waals surface area contributed by atoms with Crippen LogP contribution < -0.4 is 16.0 Å². The predicted molar refractivity (Wildman–Crippen MR) is 134 cm³/mol. The number of halogens is 1. The summed E-state index contributed by atoms with van der Waals surface area (Å²) in [6, 6.07) is 10.2. The Kier molecular flexibility index (Phi) is 10.3. The van der Waals surface area contributed by atoms with E-state index in [1.54, 1.807) is 6.26 Å². The lowest BCUT2D eigenvalue weighted by molar-refractivity contribution is -0.126. The molecule has 2 atom stereocenters. The van der Waals surface area contributed by atoms with Crippen LogP contribution >= 0.6 is 24.0 Å². The van der Waals surface area contributed by atoms with E-state index < -0.39 is 0 Å². The molecule has 2 unspecified atom stereocenters. The molecule has 0 radical (unpaired) electrons. The first-order valence-corrected chi connectivity index (χ1v) is 10.9. The Hall–Kier alpha value is -2.10. The van der Waals surface area contributed by atoms with Gasteiger partial charge in [-0.25, -0.2) is 9.98 Å². The molecule has 8 heteroatoms. The minimum absolute atomic E-state index is 0. The quantitative estimate of drug-likeness (QED) is 0.280. The molecule has 0 saturated heterocycles. The van der Waals surface area contributed by atoms with E-state index in [1.165, 1.54) is 0 Å². The average Bonchev–Trinajstić information content (AvgIpc) is 3.22. The molecule has 31 heavy (non-hydrogen) atoms. The minimum Gasteiger partial charge on any atom is -0.444 e. The first kappa shape index (κ1) is 25.2. The lowest BCUT2D eigenvalue weighted by atomic mass is 9.85. The summed E-state index contributed by atoms with van der Waals surface area (Å²) in [6.45, 7) is 7.24. The van der Waals surface area contributed by atoms with E-state index in [0.717, 1.165) is 49.4 Å². The Bertz CT molecular complexity index is 838.